The van der Waals surface area contributed by atoms with Crippen LogP contribution >= 0.6 is 12.2 Å². The van der Waals surface area contributed by atoms with E-state index in [9.17, 15) is 8.42 Å². The number of morpholine rings is 1. The lowest BCUT2D eigenvalue weighted by molar-refractivity contribution is 0.0369. The number of aryl methyl sites for hydroxylation is 1. The molecule has 2 fully saturated rings. The molecule has 12 heteroatoms. The quantitative estimate of drug-likeness (QED) is 0.338. The number of nitrogens with one attached hydrogen (secondary N) is 2. The van der Waals surface area contributed by atoms with Crippen LogP contribution in [-0.4, -0.2) is 74.2 Å². The molecule has 2 aromatic heterocycles. The van der Waals surface area contributed by atoms with Crippen LogP contribution in [0.25, 0.3) is 0 Å². The Labute approximate surface area is 247 Å². The summed E-state index contributed by atoms with van der Waals surface area (Å²) in [4.78, 5) is 9.19. The van der Waals surface area contributed by atoms with E-state index in [0.29, 0.717) is 16.5 Å². The molecule has 10 nitrogen and oxygen atoms in total. The first-order valence-electron chi connectivity index (χ1n) is 13.8. The summed E-state index contributed by atoms with van der Waals surface area (Å²) in [7, 11) is -2.02. The molecule has 0 bridgehead atoms. The van der Waals surface area contributed by atoms with Crippen LogP contribution in [0.4, 0.5) is 11.4 Å². The molecule has 2 N–H and O–H groups in total. The van der Waals surface area contributed by atoms with Gasteiger partial charge >= 0.3 is 0 Å². The third-order valence-corrected chi connectivity index (χ3v) is 8.65. The summed E-state index contributed by atoms with van der Waals surface area (Å²) in [6.45, 7) is 9.84. The van der Waals surface area contributed by atoms with E-state index < -0.39 is 10.0 Å². The highest BCUT2D eigenvalue weighted by Gasteiger charge is 2.42. The van der Waals surface area contributed by atoms with Crippen LogP contribution in [0.1, 0.15) is 41.1 Å². The maximum absolute atomic E-state index is 12.1. The smallest absolute Gasteiger partial charge is 0.229 e. The molecule has 5 rings (SSSR count). The summed E-state index contributed by atoms with van der Waals surface area (Å²) in [5.74, 6) is 0.425. The Morgan fingerprint density at radius 1 is 1.15 bits per heavy atom. The number of pyridine rings is 1. The highest BCUT2D eigenvalue weighted by Crippen LogP contribution is 2.44. The molecule has 1 aromatic carbocycles. The van der Waals surface area contributed by atoms with Gasteiger partial charge in [0, 0.05) is 49.5 Å². The van der Waals surface area contributed by atoms with E-state index in [1.807, 2.05) is 24.3 Å². The zero-order chi connectivity index (χ0) is 29.1. The molecule has 2 atom stereocenters. The van der Waals surface area contributed by atoms with E-state index in [1.165, 1.54) is 18.5 Å². The maximum atomic E-state index is 12.1. The monoisotopic (exact) mass is 598 g/mol. The Bertz CT molecular complexity index is 1490. The molecule has 2 aliphatic heterocycles. The van der Waals surface area contributed by atoms with E-state index in [0.717, 1.165) is 69.0 Å². The van der Waals surface area contributed by atoms with Crippen LogP contribution in [0.15, 0.2) is 48.7 Å². The Morgan fingerprint density at radius 2 is 1.93 bits per heavy atom. The van der Waals surface area contributed by atoms with E-state index in [2.05, 4.69) is 49.3 Å². The standard InChI is InChI=1S/C29H38N6O4S2/c1-20-18-23(21(2)34(20)13-7-12-33-14-16-39-17-15-33)28-27(24-8-5-6-11-30-24)31-29(40)35(28)22-9-10-26(38-3)25(19-22)32-41(4,36)37/h5-6,8-11,18-19,27-28,32H,7,12-17H2,1-4H3,(H,31,40)/t27-,28+/m0/s1. The van der Waals surface area contributed by atoms with Crippen LogP contribution < -0.4 is 19.7 Å². The number of anilines is 2. The molecular weight excluding hydrogens is 560 g/mol. The maximum Gasteiger partial charge on any atom is 0.229 e. The van der Waals surface area contributed by atoms with E-state index in [-0.39, 0.29) is 12.1 Å². The molecule has 0 radical (unpaired) electrons. The van der Waals surface area contributed by atoms with Gasteiger partial charge in [-0.1, -0.05) is 6.07 Å². The van der Waals surface area contributed by atoms with Gasteiger partial charge in [0.05, 0.1) is 50.0 Å². The SMILES string of the molecule is COc1ccc(N2C(=S)N[C@@H](c3ccccn3)[C@H]2c2cc(C)n(CCCN3CCOCC3)c2C)cc1NS(C)(=O)=O. The van der Waals surface area contributed by atoms with Gasteiger partial charge in [0.2, 0.25) is 10.0 Å². The lowest BCUT2D eigenvalue weighted by Gasteiger charge is -2.29. The number of nitrogens with zero attached hydrogens (tertiary/aromatic N) is 4. The average molecular weight is 599 g/mol. The van der Waals surface area contributed by atoms with Crippen LogP contribution in [-0.2, 0) is 21.3 Å². The normalized spacial score (nSPS) is 19.8. The Morgan fingerprint density at radius 3 is 2.61 bits per heavy atom. The summed E-state index contributed by atoms with van der Waals surface area (Å²) >= 11 is 5.91. The van der Waals surface area contributed by atoms with Crippen LogP contribution in [0.2, 0.25) is 0 Å². The Balaban J connectivity index is 1.52. The number of thiocarbonyl (C=S) groups is 1. The summed E-state index contributed by atoms with van der Waals surface area (Å²) in [5.41, 5.74) is 5.48. The molecule has 220 valence electrons. The number of aromatic nitrogens is 2. The highest BCUT2D eigenvalue weighted by molar-refractivity contribution is 7.92. The van der Waals surface area contributed by atoms with Crippen molar-refractivity contribution in [2.24, 2.45) is 0 Å². The fourth-order valence-corrected chi connectivity index (χ4v) is 6.73. The Kier molecular flexibility index (Phi) is 8.83. The molecule has 0 spiro atoms. The van der Waals surface area contributed by atoms with Gasteiger partial charge in [-0.25, -0.2) is 8.42 Å². The average Bonchev–Trinajstić information content (AvgIpc) is 3.44. The third-order valence-electron chi connectivity index (χ3n) is 7.75. The van der Waals surface area contributed by atoms with Crippen molar-refractivity contribution in [1.82, 2.24) is 19.8 Å². The van der Waals surface area contributed by atoms with Gasteiger partial charge in [-0.2, -0.15) is 0 Å². The van der Waals surface area contributed by atoms with Crippen molar-refractivity contribution in [2.75, 3.05) is 55.8 Å². The number of hydrogen-bond donors (Lipinski definition) is 2. The van der Waals surface area contributed by atoms with Gasteiger partial charge in [0.15, 0.2) is 5.11 Å². The van der Waals surface area contributed by atoms with Crippen LogP contribution in [0.5, 0.6) is 5.75 Å². The van der Waals surface area contributed by atoms with Crippen molar-refractivity contribution in [2.45, 2.75) is 38.9 Å². The first kappa shape index (κ1) is 29.3. The largest absolute Gasteiger partial charge is 0.495 e. The molecule has 0 aliphatic carbocycles. The summed E-state index contributed by atoms with van der Waals surface area (Å²) < 4.78 is 40.1. The van der Waals surface area contributed by atoms with Gasteiger partial charge < -0.3 is 24.3 Å². The zero-order valence-electron chi connectivity index (χ0n) is 24.0. The van der Waals surface area contributed by atoms with E-state index in [4.69, 9.17) is 21.7 Å². The van der Waals surface area contributed by atoms with Crippen molar-refractivity contribution >= 4 is 38.7 Å². The van der Waals surface area contributed by atoms with E-state index >= 15 is 0 Å². The van der Waals surface area contributed by atoms with Crippen LogP contribution in [0.3, 0.4) is 0 Å². The van der Waals surface area contributed by atoms with E-state index in [1.54, 1.807) is 18.3 Å². The predicted octanol–water partition coefficient (Wildman–Crippen LogP) is 3.78. The number of ether oxygens (including phenoxy) is 2. The number of rotatable bonds is 10. The summed E-state index contributed by atoms with van der Waals surface area (Å²) in [5, 5.41) is 4.04. The lowest BCUT2D eigenvalue weighted by Crippen LogP contribution is -2.37. The van der Waals surface area contributed by atoms with Gasteiger partial charge in [-0.15, -0.1) is 0 Å². The summed E-state index contributed by atoms with van der Waals surface area (Å²) in [6, 6.07) is 13.1. The molecular formula is C29H38N6O4S2. The zero-order valence-corrected chi connectivity index (χ0v) is 25.6. The predicted molar refractivity (Wildman–Crippen MR) is 165 cm³/mol. The molecule has 4 heterocycles. The number of hydrogen-bond acceptors (Lipinski definition) is 7. The van der Waals surface area contributed by atoms with Crippen LogP contribution in [0, 0.1) is 13.8 Å². The third kappa shape index (κ3) is 6.50. The van der Waals surface area contributed by atoms with Gasteiger partial charge in [0.1, 0.15) is 5.75 Å². The minimum Gasteiger partial charge on any atom is -0.495 e. The van der Waals surface area contributed by atoms with Crippen molar-refractivity contribution in [1.29, 1.82) is 0 Å². The molecule has 0 unspecified atom stereocenters. The minimum atomic E-state index is -3.53. The van der Waals surface area contributed by atoms with Crippen molar-refractivity contribution in [3.8, 4) is 5.75 Å². The van der Waals surface area contributed by atoms with Gasteiger partial charge in [0.25, 0.3) is 0 Å². The van der Waals surface area contributed by atoms with Crippen molar-refractivity contribution in [3.63, 3.8) is 0 Å². The second-order valence-electron chi connectivity index (χ2n) is 10.5. The summed E-state index contributed by atoms with van der Waals surface area (Å²) in [6.07, 6.45) is 3.95. The molecule has 0 amide bonds. The molecule has 3 aromatic rings. The molecule has 41 heavy (non-hydrogen) atoms. The van der Waals surface area contributed by atoms with Crippen molar-refractivity contribution < 1.29 is 17.9 Å². The highest BCUT2D eigenvalue weighted by atomic mass is 32.2. The Hall–Kier alpha value is -3.19. The second-order valence-corrected chi connectivity index (χ2v) is 12.7. The minimum absolute atomic E-state index is 0.209. The number of methoxy groups -OCH3 is 1. The fourth-order valence-electron chi connectivity index (χ4n) is 5.82. The first-order chi connectivity index (χ1) is 19.7. The number of benzene rings is 1. The molecule has 2 saturated heterocycles. The van der Waals surface area contributed by atoms with Gasteiger partial charge in [-0.05, 0) is 74.4 Å². The lowest BCUT2D eigenvalue weighted by atomic mass is 9.96. The topological polar surface area (TPSA) is 101 Å². The number of sulfonamides is 1. The fraction of sp³-hybridized carbons (Fsp3) is 0.448. The molecule has 2 aliphatic rings. The first-order valence-corrected chi connectivity index (χ1v) is 16.1. The molecule has 0 saturated carbocycles. The second kappa shape index (κ2) is 12.4. The van der Waals surface area contributed by atoms with Gasteiger partial charge in [-0.3, -0.25) is 14.6 Å². The van der Waals surface area contributed by atoms with Crippen molar-refractivity contribution in [3.05, 3.63) is 71.3 Å².